The molecule has 0 spiro atoms. The lowest BCUT2D eigenvalue weighted by atomic mass is 10.1. The Bertz CT molecular complexity index is 2610. The molecule has 0 saturated heterocycles. The quantitative estimate of drug-likeness (QED) is 0.260. The number of aromatic nitrogens is 10. The Balaban J connectivity index is 0.914. The van der Waals surface area contributed by atoms with Gasteiger partial charge in [-0.25, -0.2) is 49.5 Å². The molecule has 0 atom stereocenters. The van der Waals surface area contributed by atoms with Crippen molar-refractivity contribution in [2.24, 2.45) is 0 Å². The van der Waals surface area contributed by atoms with Crippen molar-refractivity contribution in [2.75, 3.05) is 0 Å². The summed E-state index contributed by atoms with van der Waals surface area (Å²) < 4.78 is 10.8. The number of imidazole rings is 2. The molecule has 0 bridgehead atoms. The van der Waals surface area contributed by atoms with Crippen LogP contribution < -0.4 is 11.3 Å². The molecular formula is C34H20N10O4. The highest BCUT2D eigenvalue weighted by molar-refractivity contribution is 5.80. The Labute approximate surface area is 267 Å². The summed E-state index contributed by atoms with van der Waals surface area (Å²) in [4.78, 5) is 67.1. The van der Waals surface area contributed by atoms with Crippen LogP contribution >= 0.6 is 0 Å². The summed E-state index contributed by atoms with van der Waals surface area (Å²) in [5.74, 6) is 1.93. The van der Waals surface area contributed by atoms with Gasteiger partial charge in [0.25, 0.3) is 11.8 Å². The summed E-state index contributed by atoms with van der Waals surface area (Å²) in [6.07, 6.45) is 4.27. The van der Waals surface area contributed by atoms with Crippen molar-refractivity contribution >= 4 is 44.1 Å². The second-order valence-corrected chi connectivity index (χ2v) is 11.0. The van der Waals surface area contributed by atoms with E-state index in [-0.39, 0.29) is 11.8 Å². The minimum Gasteiger partial charge on any atom is -0.400 e. The average molecular weight is 633 g/mol. The molecule has 9 rings (SSSR count). The first-order valence-electron chi connectivity index (χ1n) is 14.8. The third kappa shape index (κ3) is 4.93. The number of nitrogens with one attached hydrogen (secondary N) is 2. The van der Waals surface area contributed by atoms with Gasteiger partial charge < -0.3 is 18.8 Å². The summed E-state index contributed by atoms with van der Waals surface area (Å²) in [5, 5.41) is 0.802. The zero-order valence-electron chi connectivity index (χ0n) is 24.7. The lowest BCUT2D eigenvalue weighted by Crippen LogP contribution is -2.03. The molecule has 230 valence electrons. The van der Waals surface area contributed by atoms with E-state index in [9.17, 15) is 9.59 Å². The normalized spacial score (nSPS) is 11.7. The second-order valence-electron chi connectivity index (χ2n) is 11.0. The molecule has 3 aromatic carbocycles. The van der Waals surface area contributed by atoms with Gasteiger partial charge in [-0.1, -0.05) is 48.5 Å². The van der Waals surface area contributed by atoms with Gasteiger partial charge >= 0.3 is 11.3 Å². The highest BCUT2D eigenvalue weighted by Crippen LogP contribution is 2.21. The van der Waals surface area contributed by atoms with E-state index in [0.29, 0.717) is 80.3 Å². The minimum atomic E-state index is -0.487. The van der Waals surface area contributed by atoms with Gasteiger partial charge in [0.2, 0.25) is 0 Å². The third-order valence-electron chi connectivity index (χ3n) is 7.80. The number of nitrogens with zero attached hydrogens (tertiary/aromatic N) is 8. The van der Waals surface area contributed by atoms with E-state index >= 15 is 0 Å². The summed E-state index contributed by atoms with van der Waals surface area (Å²) in [7, 11) is 0. The first-order chi connectivity index (χ1) is 23.5. The molecular weight excluding hydrogens is 612 g/mol. The van der Waals surface area contributed by atoms with Crippen LogP contribution in [0.5, 0.6) is 0 Å². The molecule has 0 saturated carbocycles. The first kappa shape index (κ1) is 27.4. The van der Waals surface area contributed by atoms with Crippen molar-refractivity contribution in [3.05, 3.63) is 129 Å². The summed E-state index contributed by atoms with van der Waals surface area (Å²) in [5.41, 5.74) is 4.16. The monoisotopic (exact) mass is 632 g/mol. The molecule has 0 unspecified atom stereocenters. The number of aromatic amines is 2. The Kier molecular flexibility index (Phi) is 6.18. The minimum absolute atomic E-state index is 0.0833. The molecule has 9 aromatic rings. The fraction of sp³-hybridized carbons (Fsp3) is 0.0588. The molecule has 14 heteroatoms. The molecule has 14 nitrogen and oxygen atoms in total. The zero-order valence-corrected chi connectivity index (χ0v) is 24.7. The number of H-pyrrole nitrogens is 2. The van der Waals surface area contributed by atoms with E-state index in [0.717, 1.165) is 11.1 Å². The SMILES string of the molecule is O=c1oc(-c2nc3nc(Cc4ccc(Cc5ncc6[nH]c(-c7nc8ccccc8c(=O)o7)nc6n5)cc4)ncc3[nH]2)nc2ccccc12. The van der Waals surface area contributed by atoms with Crippen molar-refractivity contribution in [3.63, 3.8) is 0 Å². The number of fused-ring (bicyclic) bond motifs is 4. The molecule has 2 N–H and O–H groups in total. The maximum Gasteiger partial charge on any atom is 0.347 e. The number of hydrogen-bond acceptors (Lipinski definition) is 12. The molecule has 6 heterocycles. The maximum absolute atomic E-state index is 12.4. The van der Waals surface area contributed by atoms with E-state index < -0.39 is 11.3 Å². The van der Waals surface area contributed by atoms with E-state index in [2.05, 4.69) is 49.8 Å². The maximum atomic E-state index is 12.4. The predicted octanol–water partition coefficient (Wildman–Crippen LogP) is 4.54. The van der Waals surface area contributed by atoms with Gasteiger partial charge in [-0.2, -0.15) is 0 Å². The van der Waals surface area contributed by atoms with Crippen LogP contribution in [0.3, 0.4) is 0 Å². The van der Waals surface area contributed by atoms with Crippen LogP contribution in [0, 0.1) is 0 Å². The number of hydrogen-bond donors (Lipinski definition) is 2. The van der Waals surface area contributed by atoms with Crippen LogP contribution in [0.1, 0.15) is 22.8 Å². The van der Waals surface area contributed by atoms with Gasteiger partial charge in [0.15, 0.2) is 22.9 Å². The highest BCUT2D eigenvalue weighted by Gasteiger charge is 2.16. The highest BCUT2D eigenvalue weighted by atomic mass is 16.4. The van der Waals surface area contributed by atoms with Crippen LogP contribution in [-0.4, -0.2) is 49.8 Å². The predicted molar refractivity (Wildman–Crippen MR) is 174 cm³/mol. The van der Waals surface area contributed by atoms with Gasteiger partial charge in [-0.05, 0) is 35.4 Å². The van der Waals surface area contributed by atoms with Crippen LogP contribution in [0.2, 0.25) is 0 Å². The van der Waals surface area contributed by atoms with Crippen LogP contribution in [0.4, 0.5) is 0 Å². The fourth-order valence-electron chi connectivity index (χ4n) is 5.44. The first-order valence-corrected chi connectivity index (χ1v) is 14.8. The van der Waals surface area contributed by atoms with Gasteiger partial charge in [-0.3, -0.25) is 0 Å². The van der Waals surface area contributed by atoms with Crippen molar-refractivity contribution in [3.8, 4) is 23.4 Å². The zero-order chi connectivity index (χ0) is 32.2. The van der Waals surface area contributed by atoms with Gasteiger partial charge in [0, 0.05) is 12.8 Å². The van der Waals surface area contributed by atoms with E-state index in [4.69, 9.17) is 8.83 Å². The molecule has 0 fully saturated rings. The Morgan fingerprint density at radius 2 is 0.958 bits per heavy atom. The standard InChI is InChI=1S/C34H20N10O4/c45-33-19-5-1-3-7-21(19)39-31(47-33)29-37-23-15-35-25(41-27(23)43-29)13-17-9-11-18(12-10-17)14-26-36-16-24-28(42-26)44-30(38-24)32-40-22-8-4-2-6-20(22)34(46)48-32/h1-12,15-16H,13-14H2,(H,35,37,41,43)(H,36,38,42,44). The summed E-state index contributed by atoms with van der Waals surface area (Å²) >= 11 is 0. The van der Waals surface area contributed by atoms with Crippen LogP contribution in [0.15, 0.2) is 104 Å². The Hall–Kier alpha value is -6.96. The lowest BCUT2D eigenvalue weighted by Gasteiger charge is -2.04. The van der Waals surface area contributed by atoms with Crippen LogP contribution in [0.25, 0.3) is 67.6 Å². The second kappa shape index (κ2) is 10.8. The number of para-hydroxylation sites is 2. The average Bonchev–Trinajstić information content (AvgIpc) is 3.73. The van der Waals surface area contributed by atoms with E-state index in [1.165, 1.54) is 0 Å². The Morgan fingerprint density at radius 3 is 1.42 bits per heavy atom. The smallest absolute Gasteiger partial charge is 0.347 e. The molecule has 0 aliphatic carbocycles. The molecule has 0 aliphatic rings. The summed E-state index contributed by atoms with van der Waals surface area (Å²) in [6, 6.07) is 22.0. The van der Waals surface area contributed by atoms with Crippen molar-refractivity contribution < 1.29 is 8.83 Å². The van der Waals surface area contributed by atoms with Crippen molar-refractivity contribution in [2.45, 2.75) is 12.8 Å². The van der Waals surface area contributed by atoms with Gasteiger partial charge in [0.1, 0.15) is 22.7 Å². The molecule has 48 heavy (non-hydrogen) atoms. The van der Waals surface area contributed by atoms with Crippen molar-refractivity contribution in [1.82, 2.24) is 49.8 Å². The summed E-state index contributed by atoms with van der Waals surface area (Å²) in [6.45, 7) is 0. The van der Waals surface area contributed by atoms with Gasteiger partial charge in [-0.15, -0.1) is 0 Å². The Morgan fingerprint density at radius 1 is 0.521 bits per heavy atom. The third-order valence-corrected chi connectivity index (χ3v) is 7.80. The molecule has 0 radical (unpaired) electrons. The van der Waals surface area contributed by atoms with E-state index in [1.807, 2.05) is 24.3 Å². The van der Waals surface area contributed by atoms with Crippen LogP contribution in [-0.2, 0) is 12.8 Å². The number of rotatable bonds is 6. The lowest BCUT2D eigenvalue weighted by molar-refractivity contribution is 0.514. The molecule has 6 aromatic heterocycles. The molecule has 0 amide bonds. The van der Waals surface area contributed by atoms with Gasteiger partial charge in [0.05, 0.1) is 34.2 Å². The van der Waals surface area contributed by atoms with E-state index in [1.54, 1.807) is 60.9 Å². The number of benzene rings is 3. The van der Waals surface area contributed by atoms with Crippen molar-refractivity contribution in [1.29, 1.82) is 0 Å². The largest absolute Gasteiger partial charge is 0.400 e. The fourth-order valence-corrected chi connectivity index (χ4v) is 5.44. The molecule has 0 aliphatic heterocycles. The topological polar surface area (TPSA) is 195 Å².